The number of nitrogens with one attached hydrogen (secondary N) is 1. The number of nitrogens with zero attached hydrogens (tertiary/aromatic N) is 3. The Morgan fingerprint density at radius 1 is 1.57 bits per heavy atom. The topological polar surface area (TPSA) is 104 Å². The van der Waals surface area contributed by atoms with E-state index in [1.807, 2.05) is 0 Å². The molecule has 0 aliphatic heterocycles. The number of nitrogens with two attached hydrogens (primary N) is 1. The molecule has 23 heavy (non-hydrogen) atoms. The second-order valence-electron chi connectivity index (χ2n) is 5.47. The Bertz CT molecular complexity index is 910. The number of nitrogen functional groups attached to an aromatic ring is 1. The summed E-state index contributed by atoms with van der Waals surface area (Å²) in [4.78, 5) is 28.0. The first-order chi connectivity index (χ1) is 12.1. The number of carbonyl (C=O) groups excluding carboxylic acids is 1. The van der Waals surface area contributed by atoms with Gasteiger partial charge in [0, 0.05) is 29.6 Å². The lowest BCUT2D eigenvalue weighted by atomic mass is 10.2. The zero-order valence-corrected chi connectivity index (χ0v) is 12.3. The molecule has 2 aromatic rings. The zero-order chi connectivity index (χ0) is 19.2. The summed E-state index contributed by atoms with van der Waals surface area (Å²) in [6.45, 7) is -2.73. The molecule has 1 fully saturated rings. The smallest absolute Gasteiger partial charge is 0.407 e. The predicted molar refractivity (Wildman–Crippen MR) is 81.9 cm³/mol. The summed E-state index contributed by atoms with van der Waals surface area (Å²) in [6.07, 6.45) is -0.920. The molecule has 2 aromatic heterocycles. The Kier molecular flexibility index (Phi) is 2.88. The lowest BCUT2D eigenvalue weighted by Gasteiger charge is -2.14. The van der Waals surface area contributed by atoms with Gasteiger partial charge in [-0.3, -0.25) is 9.13 Å². The quantitative estimate of drug-likeness (QED) is 0.846. The first-order valence-corrected chi connectivity index (χ1v) is 7.01. The Balaban J connectivity index is 2.08. The molecule has 1 saturated carbocycles. The lowest BCUT2D eigenvalue weighted by Crippen LogP contribution is -2.38. The van der Waals surface area contributed by atoms with Crippen LogP contribution in [-0.4, -0.2) is 39.5 Å². The number of imidazole rings is 1. The van der Waals surface area contributed by atoms with E-state index in [4.69, 9.17) is 9.85 Å². The van der Waals surface area contributed by atoms with E-state index in [-0.39, 0.29) is 29.7 Å². The number of halogens is 1. The molecule has 3 N–H and O–H groups in total. The van der Waals surface area contributed by atoms with E-state index < -0.39 is 37.0 Å². The number of hydrogen-bond donors (Lipinski definition) is 2. The maximum Gasteiger partial charge on any atom is 0.407 e. The van der Waals surface area contributed by atoms with E-state index in [0.717, 1.165) is 0 Å². The van der Waals surface area contributed by atoms with Crippen molar-refractivity contribution in [3.05, 3.63) is 22.7 Å². The van der Waals surface area contributed by atoms with Crippen LogP contribution in [0.3, 0.4) is 0 Å². The largest absolute Gasteiger partial charge is 0.453 e. The van der Waals surface area contributed by atoms with Gasteiger partial charge in [0.05, 0.1) is 30.4 Å². The number of amides is 1. The molecular formula is C14H18FN5O3. The summed E-state index contributed by atoms with van der Waals surface area (Å²) in [7, 11) is 1.17. The van der Waals surface area contributed by atoms with Crippen LogP contribution in [0.1, 0.15) is 23.0 Å². The van der Waals surface area contributed by atoms with Crippen molar-refractivity contribution in [2.45, 2.75) is 31.1 Å². The predicted octanol–water partition coefficient (Wildman–Crippen LogP) is 0.715. The number of fused-ring (bicyclic) bond motifs is 1. The summed E-state index contributed by atoms with van der Waals surface area (Å²) in [5.74, 6) is 0.105. The minimum absolute atomic E-state index is 0.0586. The van der Waals surface area contributed by atoms with Crippen LogP contribution in [0.4, 0.5) is 15.0 Å². The van der Waals surface area contributed by atoms with E-state index in [2.05, 4.69) is 15.0 Å². The third-order valence-corrected chi connectivity index (χ3v) is 4.09. The molecular weight excluding hydrogens is 305 g/mol. The highest BCUT2D eigenvalue weighted by atomic mass is 19.1. The van der Waals surface area contributed by atoms with Gasteiger partial charge >= 0.3 is 11.8 Å². The van der Waals surface area contributed by atoms with E-state index in [1.54, 1.807) is 0 Å². The fourth-order valence-electron chi connectivity index (χ4n) is 3.02. The highest BCUT2D eigenvalue weighted by Crippen LogP contribution is 2.34. The highest BCUT2D eigenvalue weighted by Gasteiger charge is 2.38. The van der Waals surface area contributed by atoms with Gasteiger partial charge in [-0.2, -0.15) is 0 Å². The van der Waals surface area contributed by atoms with Gasteiger partial charge in [-0.1, -0.05) is 0 Å². The zero-order valence-electron chi connectivity index (χ0n) is 15.3. The molecule has 1 amide bonds. The third-order valence-electron chi connectivity index (χ3n) is 4.09. The number of ether oxygens (including phenoxy) is 1. The highest BCUT2D eigenvalue weighted by molar-refractivity contribution is 5.77. The van der Waals surface area contributed by atoms with E-state index in [0.29, 0.717) is 4.57 Å². The number of aromatic nitrogens is 3. The number of hydrogen-bond acceptors (Lipinski definition) is 5. The SMILES string of the molecule is [2H]C([2H])([2H])n1c(=O)n(C2CC(F)C(NC(=O)OC)C2)c2cc(N)ncc21. The van der Waals surface area contributed by atoms with Crippen LogP contribution in [0.25, 0.3) is 11.0 Å². The van der Waals surface area contributed by atoms with Gasteiger partial charge in [0.1, 0.15) is 12.0 Å². The summed E-state index contributed by atoms with van der Waals surface area (Å²) in [6, 6.07) is -0.106. The number of anilines is 1. The first-order valence-electron chi connectivity index (χ1n) is 8.51. The van der Waals surface area contributed by atoms with Crippen LogP contribution in [0.15, 0.2) is 17.1 Å². The average molecular weight is 326 g/mol. The summed E-state index contributed by atoms with van der Waals surface area (Å²) >= 11 is 0. The lowest BCUT2D eigenvalue weighted by molar-refractivity contribution is 0.159. The van der Waals surface area contributed by atoms with Crippen molar-refractivity contribution >= 4 is 22.9 Å². The van der Waals surface area contributed by atoms with Crippen molar-refractivity contribution in [1.29, 1.82) is 0 Å². The summed E-state index contributed by atoms with van der Waals surface area (Å²) < 4.78 is 43.5. The van der Waals surface area contributed by atoms with Crippen molar-refractivity contribution in [1.82, 2.24) is 19.4 Å². The number of rotatable bonds is 2. The van der Waals surface area contributed by atoms with Crippen LogP contribution >= 0.6 is 0 Å². The Morgan fingerprint density at radius 3 is 3.04 bits per heavy atom. The second kappa shape index (κ2) is 5.56. The molecule has 8 nitrogen and oxygen atoms in total. The first kappa shape index (κ1) is 11.9. The second-order valence-corrected chi connectivity index (χ2v) is 5.47. The maximum absolute atomic E-state index is 14.3. The Morgan fingerprint density at radius 2 is 2.35 bits per heavy atom. The van der Waals surface area contributed by atoms with E-state index >= 15 is 0 Å². The van der Waals surface area contributed by atoms with Crippen molar-refractivity contribution in [3.63, 3.8) is 0 Å². The normalized spacial score (nSPS) is 26.5. The molecule has 0 aromatic carbocycles. The molecule has 0 bridgehead atoms. The van der Waals surface area contributed by atoms with Gasteiger partial charge in [-0.05, 0) is 6.42 Å². The van der Waals surface area contributed by atoms with Gasteiger partial charge < -0.3 is 15.8 Å². The fourth-order valence-corrected chi connectivity index (χ4v) is 3.02. The van der Waals surface area contributed by atoms with Crippen LogP contribution in [0.5, 0.6) is 0 Å². The van der Waals surface area contributed by atoms with Crippen LogP contribution in [0, 0.1) is 0 Å². The van der Waals surface area contributed by atoms with E-state index in [9.17, 15) is 14.0 Å². The van der Waals surface area contributed by atoms with E-state index in [1.165, 1.54) is 23.9 Å². The Hall–Kier alpha value is -2.58. The van der Waals surface area contributed by atoms with Gasteiger partial charge in [0.2, 0.25) is 0 Å². The van der Waals surface area contributed by atoms with Crippen molar-refractivity contribution in [2.24, 2.45) is 6.98 Å². The molecule has 0 saturated heterocycles. The van der Waals surface area contributed by atoms with Crippen molar-refractivity contribution in [2.75, 3.05) is 12.8 Å². The molecule has 3 rings (SSSR count). The minimum Gasteiger partial charge on any atom is -0.453 e. The third kappa shape index (κ3) is 2.51. The van der Waals surface area contributed by atoms with Gasteiger partial charge in [-0.15, -0.1) is 0 Å². The molecule has 0 radical (unpaired) electrons. The monoisotopic (exact) mass is 326 g/mol. The molecule has 9 heteroatoms. The van der Waals surface area contributed by atoms with Crippen LogP contribution < -0.4 is 16.7 Å². The summed E-state index contributed by atoms with van der Waals surface area (Å²) in [5.41, 5.74) is 5.22. The van der Waals surface area contributed by atoms with Crippen LogP contribution in [-0.2, 0) is 11.7 Å². The molecule has 3 atom stereocenters. The van der Waals surface area contributed by atoms with Crippen LogP contribution in [0.2, 0.25) is 0 Å². The summed E-state index contributed by atoms with van der Waals surface area (Å²) in [5, 5.41) is 2.39. The number of methoxy groups -OCH3 is 1. The number of alkyl carbamates (subject to hydrolysis) is 1. The number of carbonyl (C=O) groups is 1. The standard InChI is InChI=1S/C14H18FN5O3/c1-19-11-6-17-12(16)5-10(11)20(14(19)22)7-3-8(15)9(4-7)18-13(21)23-2/h5-9H,3-4H2,1-2H3,(H2,16,17)(H,18,21)/i1D3. The van der Waals surface area contributed by atoms with Crippen molar-refractivity contribution in [3.8, 4) is 0 Å². The maximum atomic E-state index is 14.3. The number of pyridine rings is 1. The van der Waals surface area contributed by atoms with Gasteiger partial charge in [-0.25, -0.2) is 19.0 Å². The fraction of sp³-hybridized carbons (Fsp3) is 0.500. The molecule has 0 spiro atoms. The van der Waals surface area contributed by atoms with Crippen molar-refractivity contribution < 1.29 is 18.0 Å². The molecule has 124 valence electrons. The Labute approximate surface area is 135 Å². The minimum atomic E-state index is -2.73. The molecule has 3 unspecified atom stereocenters. The number of aryl methyl sites for hydroxylation is 1. The molecule has 1 aliphatic rings. The molecule has 2 heterocycles. The van der Waals surface area contributed by atoms with Gasteiger partial charge in [0.15, 0.2) is 0 Å². The molecule has 1 aliphatic carbocycles. The number of alkyl halides is 1. The average Bonchev–Trinajstić information content (AvgIpc) is 3.03. The van der Waals surface area contributed by atoms with Gasteiger partial charge in [0.25, 0.3) is 0 Å².